The fourth-order valence-corrected chi connectivity index (χ4v) is 3.33. The second-order valence-electron chi connectivity index (χ2n) is 4.83. The molecule has 6 heteroatoms. The van der Waals surface area contributed by atoms with Crippen molar-refractivity contribution in [2.45, 2.75) is 45.1 Å². The minimum Gasteiger partial charge on any atom is -0.459 e. The molecule has 0 saturated heterocycles. The van der Waals surface area contributed by atoms with E-state index in [4.69, 9.17) is 16.2 Å². The van der Waals surface area contributed by atoms with Crippen LogP contribution in [0.25, 0.3) is 0 Å². The zero-order valence-electron chi connectivity index (χ0n) is 10.9. The lowest BCUT2D eigenvalue weighted by Gasteiger charge is -2.21. The van der Waals surface area contributed by atoms with E-state index in [1.54, 1.807) is 6.92 Å². The van der Waals surface area contributed by atoms with E-state index in [9.17, 15) is 9.59 Å². The molecule has 1 saturated carbocycles. The van der Waals surface area contributed by atoms with E-state index in [-0.39, 0.29) is 6.10 Å². The SMILES string of the molecule is Cc1c(C(N)=O)sc(N)c1C(=O)OC1CCCCC1. The zero-order chi connectivity index (χ0) is 14.0. The Bertz CT molecular complexity index is 504. The van der Waals surface area contributed by atoms with Crippen LogP contribution in [0.4, 0.5) is 5.00 Å². The van der Waals surface area contributed by atoms with E-state index in [2.05, 4.69) is 0 Å². The summed E-state index contributed by atoms with van der Waals surface area (Å²) in [5, 5.41) is 0.298. The number of hydrogen-bond acceptors (Lipinski definition) is 5. The van der Waals surface area contributed by atoms with E-state index in [0.29, 0.717) is 21.0 Å². The highest BCUT2D eigenvalue weighted by Crippen LogP contribution is 2.32. The van der Waals surface area contributed by atoms with Crippen molar-refractivity contribution in [2.24, 2.45) is 5.73 Å². The van der Waals surface area contributed by atoms with E-state index < -0.39 is 11.9 Å². The Morgan fingerprint density at radius 3 is 2.42 bits per heavy atom. The minimum absolute atomic E-state index is 0.0306. The molecular weight excluding hydrogens is 264 g/mol. The molecule has 1 aromatic rings. The first-order valence-corrected chi connectivity index (χ1v) is 7.22. The van der Waals surface area contributed by atoms with Crippen molar-refractivity contribution in [3.63, 3.8) is 0 Å². The molecule has 1 aromatic heterocycles. The first kappa shape index (κ1) is 13.9. The van der Waals surface area contributed by atoms with Crippen LogP contribution in [0.2, 0.25) is 0 Å². The molecule has 1 heterocycles. The molecule has 19 heavy (non-hydrogen) atoms. The van der Waals surface area contributed by atoms with Gasteiger partial charge < -0.3 is 16.2 Å². The van der Waals surface area contributed by atoms with Crippen LogP contribution in [0.5, 0.6) is 0 Å². The molecule has 0 aromatic carbocycles. The Labute approximate surface area is 115 Å². The number of thiophene rings is 1. The van der Waals surface area contributed by atoms with Crippen LogP contribution < -0.4 is 11.5 Å². The summed E-state index contributed by atoms with van der Waals surface area (Å²) in [5.74, 6) is -1.00. The summed E-state index contributed by atoms with van der Waals surface area (Å²) in [5.41, 5.74) is 11.9. The minimum atomic E-state index is -0.564. The maximum Gasteiger partial charge on any atom is 0.341 e. The number of hydrogen-bond donors (Lipinski definition) is 2. The van der Waals surface area contributed by atoms with E-state index in [0.717, 1.165) is 37.0 Å². The molecule has 4 N–H and O–H groups in total. The maximum absolute atomic E-state index is 12.1. The highest BCUT2D eigenvalue weighted by molar-refractivity contribution is 7.18. The van der Waals surface area contributed by atoms with Crippen molar-refractivity contribution in [2.75, 3.05) is 5.73 Å². The normalized spacial score (nSPS) is 16.3. The third-order valence-electron chi connectivity index (χ3n) is 3.43. The summed E-state index contributed by atoms with van der Waals surface area (Å²) in [6, 6.07) is 0. The number of carbonyl (C=O) groups is 2. The Morgan fingerprint density at radius 1 is 1.26 bits per heavy atom. The molecule has 1 aliphatic carbocycles. The molecule has 5 nitrogen and oxygen atoms in total. The molecular formula is C13H18N2O3S. The van der Waals surface area contributed by atoms with Gasteiger partial charge in [-0.05, 0) is 38.2 Å². The Balaban J connectivity index is 2.16. The van der Waals surface area contributed by atoms with Crippen molar-refractivity contribution in [1.29, 1.82) is 0 Å². The summed E-state index contributed by atoms with van der Waals surface area (Å²) in [7, 11) is 0. The molecule has 0 radical (unpaired) electrons. The van der Waals surface area contributed by atoms with Gasteiger partial charge in [0.25, 0.3) is 5.91 Å². The van der Waals surface area contributed by atoms with Crippen molar-refractivity contribution in [3.8, 4) is 0 Å². The highest BCUT2D eigenvalue weighted by Gasteiger charge is 2.26. The van der Waals surface area contributed by atoms with E-state index in [1.807, 2.05) is 0 Å². The predicted molar refractivity (Wildman–Crippen MR) is 74.3 cm³/mol. The molecule has 0 bridgehead atoms. The quantitative estimate of drug-likeness (QED) is 0.831. The van der Waals surface area contributed by atoms with Gasteiger partial charge in [-0.1, -0.05) is 6.42 Å². The Kier molecular flexibility index (Phi) is 4.09. The topological polar surface area (TPSA) is 95.4 Å². The lowest BCUT2D eigenvalue weighted by atomic mass is 9.98. The van der Waals surface area contributed by atoms with Crippen LogP contribution in [-0.4, -0.2) is 18.0 Å². The molecule has 0 unspecified atom stereocenters. The van der Waals surface area contributed by atoms with Gasteiger partial charge in [0.15, 0.2) is 0 Å². The third kappa shape index (κ3) is 2.89. The average Bonchev–Trinajstić information content (AvgIpc) is 2.66. The molecule has 1 aliphatic rings. The second kappa shape index (κ2) is 5.61. The fourth-order valence-electron chi connectivity index (χ4n) is 2.42. The van der Waals surface area contributed by atoms with Crippen molar-refractivity contribution < 1.29 is 14.3 Å². The number of ether oxygens (including phenoxy) is 1. The summed E-state index contributed by atoms with van der Waals surface area (Å²) in [6.45, 7) is 1.67. The summed E-state index contributed by atoms with van der Waals surface area (Å²) in [6.07, 6.45) is 5.14. The number of primary amides is 1. The van der Waals surface area contributed by atoms with Gasteiger partial charge in [0.05, 0.1) is 10.4 Å². The number of rotatable bonds is 3. The lowest BCUT2D eigenvalue weighted by molar-refractivity contribution is 0.0212. The Morgan fingerprint density at radius 2 is 1.89 bits per heavy atom. The van der Waals surface area contributed by atoms with Crippen LogP contribution in [0.3, 0.4) is 0 Å². The number of nitrogen functional groups attached to an aromatic ring is 1. The van der Waals surface area contributed by atoms with Crippen LogP contribution in [-0.2, 0) is 4.74 Å². The predicted octanol–water partition coefficient (Wildman–Crippen LogP) is 2.23. The van der Waals surface area contributed by atoms with Gasteiger partial charge >= 0.3 is 5.97 Å². The molecule has 0 aliphatic heterocycles. The number of carbonyl (C=O) groups excluding carboxylic acids is 2. The molecule has 104 valence electrons. The molecule has 1 fully saturated rings. The number of anilines is 1. The lowest BCUT2D eigenvalue weighted by Crippen LogP contribution is -2.21. The van der Waals surface area contributed by atoms with Crippen molar-refractivity contribution in [3.05, 3.63) is 16.0 Å². The molecule has 2 rings (SSSR count). The van der Waals surface area contributed by atoms with Gasteiger partial charge in [0, 0.05) is 0 Å². The van der Waals surface area contributed by atoms with E-state index in [1.165, 1.54) is 6.42 Å². The first-order chi connectivity index (χ1) is 9.00. The van der Waals surface area contributed by atoms with Gasteiger partial charge in [-0.3, -0.25) is 4.79 Å². The monoisotopic (exact) mass is 282 g/mol. The van der Waals surface area contributed by atoms with Crippen LogP contribution in [0.15, 0.2) is 0 Å². The molecule has 0 atom stereocenters. The maximum atomic E-state index is 12.1. The first-order valence-electron chi connectivity index (χ1n) is 6.40. The number of esters is 1. The number of amides is 1. The van der Waals surface area contributed by atoms with Crippen molar-refractivity contribution >= 4 is 28.2 Å². The average molecular weight is 282 g/mol. The summed E-state index contributed by atoms with van der Waals surface area (Å²) >= 11 is 1.04. The van der Waals surface area contributed by atoms with Crippen LogP contribution in [0, 0.1) is 6.92 Å². The third-order valence-corrected chi connectivity index (χ3v) is 4.56. The van der Waals surface area contributed by atoms with Gasteiger partial charge in [-0.2, -0.15) is 0 Å². The van der Waals surface area contributed by atoms with Gasteiger partial charge in [-0.15, -0.1) is 11.3 Å². The Hall–Kier alpha value is -1.56. The highest BCUT2D eigenvalue weighted by atomic mass is 32.1. The fraction of sp³-hybridized carbons (Fsp3) is 0.538. The molecule has 0 spiro atoms. The van der Waals surface area contributed by atoms with Crippen LogP contribution >= 0.6 is 11.3 Å². The van der Waals surface area contributed by atoms with Crippen LogP contribution in [0.1, 0.15) is 57.7 Å². The summed E-state index contributed by atoms with van der Waals surface area (Å²) < 4.78 is 5.47. The van der Waals surface area contributed by atoms with Crippen molar-refractivity contribution in [1.82, 2.24) is 0 Å². The van der Waals surface area contributed by atoms with Gasteiger partial charge in [0.1, 0.15) is 11.1 Å². The molecule has 1 amide bonds. The van der Waals surface area contributed by atoms with Gasteiger partial charge in [-0.25, -0.2) is 4.79 Å². The standard InChI is InChI=1S/C13H18N2O3S/c1-7-9(12(15)19-10(7)11(14)16)13(17)18-8-5-3-2-4-6-8/h8H,2-6,15H2,1H3,(H2,14,16). The zero-order valence-corrected chi connectivity index (χ0v) is 11.7. The second-order valence-corrected chi connectivity index (χ2v) is 5.88. The summed E-state index contributed by atoms with van der Waals surface area (Å²) in [4.78, 5) is 23.7. The van der Waals surface area contributed by atoms with E-state index >= 15 is 0 Å². The number of nitrogens with two attached hydrogens (primary N) is 2. The largest absolute Gasteiger partial charge is 0.459 e. The smallest absolute Gasteiger partial charge is 0.341 e. The van der Waals surface area contributed by atoms with Gasteiger partial charge in [0.2, 0.25) is 0 Å².